The predicted octanol–water partition coefficient (Wildman–Crippen LogP) is 1.07. The number of hydrogen-bond acceptors (Lipinski definition) is 2. The molecule has 1 fully saturated rings. The van der Waals surface area contributed by atoms with Crippen molar-refractivity contribution < 1.29 is 9.53 Å². The normalized spacial score (nSPS) is 17.6. The van der Waals surface area contributed by atoms with E-state index in [4.69, 9.17) is 4.74 Å². The standard InChI is InChI=1S/C10H20N2O2/c1-8(9-4-5-9)12(6-7-14-3)10(13)11-2/h8-9H,4-7H2,1-3H3,(H,11,13). The van der Waals surface area contributed by atoms with Crippen molar-refractivity contribution in [2.45, 2.75) is 25.8 Å². The van der Waals surface area contributed by atoms with Crippen molar-refractivity contribution in [2.75, 3.05) is 27.3 Å². The fourth-order valence-corrected chi connectivity index (χ4v) is 1.66. The molecule has 14 heavy (non-hydrogen) atoms. The van der Waals surface area contributed by atoms with Crippen LogP contribution in [-0.2, 0) is 4.74 Å². The van der Waals surface area contributed by atoms with Crippen LogP contribution >= 0.6 is 0 Å². The van der Waals surface area contributed by atoms with Crippen molar-refractivity contribution in [2.24, 2.45) is 5.92 Å². The molecular formula is C10H20N2O2. The van der Waals surface area contributed by atoms with Gasteiger partial charge in [-0.3, -0.25) is 0 Å². The molecule has 1 atom stereocenters. The molecule has 0 aromatic heterocycles. The second-order valence-corrected chi connectivity index (χ2v) is 3.82. The molecule has 1 aliphatic rings. The molecule has 82 valence electrons. The van der Waals surface area contributed by atoms with Gasteiger partial charge in [-0.1, -0.05) is 0 Å². The minimum Gasteiger partial charge on any atom is -0.383 e. The molecule has 4 nitrogen and oxygen atoms in total. The second kappa shape index (κ2) is 5.20. The van der Waals surface area contributed by atoms with Crippen molar-refractivity contribution in [3.05, 3.63) is 0 Å². The lowest BCUT2D eigenvalue weighted by molar-refractivity contribution is 0.128. The lowest BCUT2D eigenvalue weighted by Crippen LogP contribution is -2.46. The van der Waals surface area contributed by atoms with Gasteiger partial charge in [-0.15, -0.1) is 0 Å². The van der Waals surface area contributed by atoms with Crippen molar-refractivity contribution >= 4 is 6.03 Å². The number of methoxy groups -OCH3 is 1. The van der Waals surface area contributed by atoms with E-state index in [-0.39, 0.29) is 6.03 Å². The van der Waals surface area contributed by atoms with Gasteiger partial charge in [0.2, 0.25) is 0 Å². The van der Waals surface area contributed by atoms with Gasteiger partial charge < -0.3 is 15.0 Å². The third-order valence-corrected chi connectivity index (χ3v) is 2.81. The molecule has 0 radical (unpaired) electrons. The van der Waals surface area contributed by atoms with Gasteiger partial charge >= 0.3 is 6.03 Å². The largest absolute Gasteiger partial charge is 0.383 e. The molecule has 0 aromatic carbocycles. The van der Waals surface area contributed by atoms with Crippen LogP contribution in [0.4, 0.5) is 4.79 Å². The zero-order valence-electron chi connectivity index (χ0n) is 9.25. The van der Waals surface area contributed by atoms with Crippen LogP contribution in [0.3, 0.4) is 0 Å². The summed E-state index contributed by atoms with van der Waals surface area (Å²) in [4.78, 5) is 13.4. The predicted molar refractivity (Wildman–Crippen MR) is 55.2 cm³/mol. The first-order chi connectivity index (χ1) is 6.70. The molecule has 1 unspecified atom stereocenters. The summed E-state index contributed by atoms with van der Waals surface area (Å²) < 4.78 is 5.00. The summed E-state index contributed by atoms with van der Waals surface area (Å²) in [5.74, 6) is 0.698. The summed E-state index contributed by atoms with van der Waals surface area (Å²) in [6, 6.07) is 0.339. The van der Waals surface area contributed by atoms with E-state index >= 15 is 0 Å². The highest BCUT2D eigenvalue weighted by Gasteiger charge is 2.33. The third kappa shape index (κ3) is 2.87. The highest BCUT2D eigenvalue weighted by molar-refractivity contribution is 5.74. The van der Waals surface area contributed by atoms with E-state index in [9.17, 15) is 4.79 Å². The molecular weight excluding hydrogens is 180 g/mol. The Balaban J connectivity index is 2.45. The smallest absolute Gasteiger partial charge is 0.317 e. The van der Waals surface area contributed by atoms with E-state index in [1.54, 1.807) is 14.2 Å². The molecule has 0 aliphatic heterocycles. The van der Waals surface area contributed by atoms with Crippen LogP contribution in [0, 0.1) is 5.92 Å². The number of urea groups is 1. The fraction of sp³-hybridized carbons (Fsp3) is 0.900. The monoisotopic (exact) mass is 200 g/mol. The molecule has 4 heteroatoms. The molecule has 1 aliphatic carbocycles. The van der Waals surface area contributed by atoms with E-state index in [1.165, 1.54) is 12.8 Å². The van der Waals surface area contributed by atoms with Crippen LogP contribution in [0.1, 0.15) is 19.8 Å². The maximum absolute atomic E-state index is 11.6. The molecule has 0 aromatic rings. The van der Waals surface area contributed by atoms with Crippen LogP contribution in [0.5, 0.6) is 0 Å². The quantitative estimate of drug-likeness (QED) is 0.721. The number of nitrogens with zero attached hydrogens (tertiary/aromatic N) is 1. The summed E-state index contributed by atoms with van der Waals surface area (Å²) >= 11 is 0. The minimum absolute atomic E-state index is 0.00134. The van der Waals surface area contributed by atoms with Crippen LogP contribution in [-0.4, -0.2) is 44.3 Å². The first-order valence-electron chi connectivity index (χ1n) is 5.18. The molecule has 0 bridgehead atoms. The molecule has 1 N–H and O–H groups in total. The van der Waals surface area contributed by atoms with Gasteiger partial charge in [-0.25, -0.2) is 4.79 Å². The van der Waals surface area contributed by atoms with Crippen LogP contribution in [0.25, 0.3) is 0 Å². The van der Waals surface area contributed by atoms with Crippen molar-refractivity contribution in [3.8, 4) is 0 Å². The second-order valence-electron chi connectivity index (χ2n) is 3.82. The molecule has 0 spiro atoms. The SMILES string of the molecule is CNC(=O)N(CCOC)C(C)C1CC1. The summed E-state index contributed by atoms with van der Waals surface area (Å²) in [5.41, 5.74) is 0. The van der Waals surface area contributed by atoms with Crippen LogP contribution < -0.4 is 5.32 Å². The number of amides is 2. The minimum atomic E-state index is 0.00134. The van der Waals surface area contributed by atoms with E-state index < -0.39 is 0 Å². The van der Waals surface area contributed by atoms with Crippen molar-refractivity contribution in [1.29, 1.82) is 0 Å². The van der Waals surface area contributed by atoms with E-state index in [0.29, 0.717) is 25.1 Å². The number of rotatable bonds is 5. The highest BCUT2D eigenvalue weighted by Crippen LogP contribution is 2.35. The third-order valence-electron chi connectivity index (χ3n) is 2.81. The summed E-state index contributed by atoms with van der Waals surface area (Å²) in [6.45, 7) is 3.39. The average molecular weight is 200 g/mol. The van der Waals surface area contributed by atoms with E-state index in [2.05, 4.69) is 12.2 Å². The Kier molecular flexibility index (Phi) is 4.20. The maximum Gasteiger partial charge on any atom is 0.317 e. The van der Waals surface area contributed by atoms with Gasteiger partial charge in [0.05, 0.1) is 6.61 Å². The van der Waals surface area contributed by atoms with E-state index in [1.807, 2.05) is 4.90 Å². The molecule has 2 amide bonds. The summed E-state index contributed by atoms with van der Waals surface area (Å²) in [7, 11) is 3.32. The van der Waals surface area contributed by atoms with Crippen molar-refractivity contribution in [3.63, 3.8) is 0 Å². The zero-order chi connectivity index (χ0) is 10.6. The maximum atomic E-state index is 11.6. The Morgan fingerprint density at radius 1 is 1.64 bits per heavy atom. The number of carbonyl (C=O) groups is 1. The Morgan fingerprint density at radius 3 is 2.71 bits per heavy atom. The van der Waals surface area contributed by atoms with Gasteiger partial charge in [0, 0.05) is 26.7 Å². The number of hydrogen-bond donors (Lipinski definition) is 1. The van der Waals surface area contributed by atoms with E-state index in [0.717, 1.165) is 0 Å². The summed E-state index contributed by atoms with van der Waals surface area (Å²) in [6.07, 6.45) is 2.50. The van der Waals surface area contributed by atoms with Gasteiger partial charge in [-0.05, 0) is 25.7 Å². The Labute approximate surface area is 85.6 Å². The Morgan fingerprint density at radius 2 is 2.29 bits per heavy atom. The van der Waals surface area contributed by atoms with Crippen molar-refractivity contribution in [1.82, 2.24) is 10.2 Å². The Bertz CT molecular complexity index is 193. The molecule has 0 saturated heterocycles. The van der Waals surface area contributed by atoms with Crippen LogP contribution in [0.2, 0.25) is 0 Å². The number of nitrogens with one attached hydrogen (secondary N) is 1. The molecule has 0 heterocycles. The van der Waals surface area contributed by atoms with Crippen LogP contribution in [0.15, 0.2) is 0 Å². The lowest BCUT2D eigenvalue weighted by Gasteiger charge is -2.28. The molecule has 1 rings (SSSR count). The zero-order valence-corrected chi connectivity index (χ0v) is 9.25. The van der Waals surface area contributed by atoms with Gasteiger partial charge in [0.1, 0.15) is 0 Å². The topological polar surface area (TPSA) is 41.6 Å². The first-order valence-corrected chi connectivity index (χ1v) is 5.18. The van der Waals surface area contributed by atoms with Gasteiger partial charge in [0.25, 0.3) is 0 Å². The molecule has 1 saturated carbocycles. The number of carbonyl (C=O) groups excluding carboxylic acids is 1. The highest BCUT2D eigenvalue weighted by atomic mass is 16.5. The van der Waals surface area contributed by atoms with Gasteiger partial charge in [0.15, 0.2) is 0 Å². The lowest BCUT2D eigenvalue weighted by atomic mass is 10.2. The average Bonchev–Trinajstić information content (AvgIpc) is 3.00. The van der Waals surface area contributed by atoms with Gasteiger partial charge in [-0.2, -0.15) is 0 Å². The Hall–Kier alpha value is -0.770. The first kappa shape index (κ1) is 11.3. The summed E-state index contributed by atoms with van der Waals surface area (Å²) in [5, 5.41) is 2.67. The number of ether oxygens (including phenoxy) is 1. The fourth-order valence-electron chi connectivity index (χ4n) is 1.66.